The molecule has 0 amide bonds. The number of benzene rings is 3. The van der Waals surface area contributed by atoms with E-state index in [0.29, 0.717) is 0 Å². The number of hydrazone groups is 1. The molecule has 0 unspecified atom stereocenters. The van der Waals surface area contributed by atoms with Gasteiger partial charge in [-0.15, -0.1) is 0 Å². The minimum atomic E-state index is 0.738. The van der Waals surface area contributed by atoms with Crippen molar-refractivity contribution in [2.45, 2.75) is 0 Å². The summed E-state index contributed by atoms with van der Waals surface area (Å²) >= 11 is 0. The molecule has 4 rings (SSSR count). The van der Waals surface area contributed by atoms with Crippen molar-refractivity contribution in [3.05, 3.63) is 60.2 Å². The van der Waals surface area contributed by atoms with Gasteiger partial charge in [0.05, 0.1) is 12.8 Å². The average Bonchev–Trinajstić information content (AvgIpc) is 3.07. The lowest BCUT2D eigenvalue weighted by atomic mass is 10.0. The highest BCUT2D eigenvalue weighted by Crippen LogP contribution is 2.24. The number of hydrogen-bond donors (Lipinski definition) is 2. The fourth-order valence-corrected chi connectivity index (χ4v) is 2.74. The highest BCUT2D eigenvalue weighted by molar-refractivity contribution is 6.06. The van der Waals surface area contributed by atoms with E-state index in [1.54, 1.807) is 0 Å². The van der Waals surface area contributed by atoms with Gasteiger partial charge in [0.1, 0.15) is 0 Å². The molecule has 1 aliphatic rings. The van der Waals surface area contributed by atoms with E-state index in [9.17, 15) is 0 Å². The maximum absolute atomic E-state index is 4.29. The van der Waals surface area contributed by atoms with Crippen molar-refractivity contribution in [3.63, 3.8) is 0 Å². The van der Waals surface area contributed by atoms with E-state index in [1.165, 1.54) is 21.5 Å². The van der Waals surface area contributed by atoms with Gasteiger partial charge in [-0.05, 0) is 33.7 Å². The number of aliphatic imine (C=N–C) groups is 1. The Labute approximate surface area is 128 Å². The van der Waals surface area contributed by atoms with Crippen molar-refractivity contribution >= 4 is 33.7 Å². The highest BCUT2D eigenvalue weighted by Gasteiger charge is 2.03. The first kappa shape index (κ1) is 12.8. The molecule has 0 spiro atoms. The molecule has 4 nitrogen and oxygen atoms in total. The van der Waals surface area contributed by atoms with Gasteiger partial charge in [0.15, 0.2) is 0 Å². The Hall–Kier alpha value is -2.88. The summed E-state index contributed by atoms with van der Waals surface area (Å²) in [5.74, 6) is 0.738. The van der Waals surface area contributed by atoms with Crippen LogP contribution in [0.2, 0.25) is 0 Å². The number of hydrogen-bond acceptors (Lipinski definition) is 4. The van der Waals surface area contributed by atoms with Gasteiger partial charge in [-0.25, -0.2) is 10.4 Å². The largest absolute Gasteiger partial charge is 0.353 e. The lowest BCUT2D eigenvalue weighted by Gasteiger charge is -2.05. The lowest BCUT2D eigenvalue weighted by molar-refractivity contribution is 0.920. The molecule has 22 heavy (non-hydrogen) atoms. The minimum absolute atomic E-state index is 0.738. The van der Waals surface area contributed by atoms with Crippen LogP contribution >= 0.6 is 0 Å². The van der Waals surface area contributed by atoms with Gasteiger partial charge in [0.2, 0.25) is 5.96 Å². The first-order valence-electron chi connectivity index (χ1n) is 7.39. The van der Waals surface area contributed by atoms with Crippen LogP contribution < -0.4 is 10.7 Å². The van der Waals surface area contributed by atoms with E-state index < -0.39 is 0 Å². The Morgan fingerprint density at radius 1 is 1.00 bits per heavy atom. The van der Waals surface area contributed by atoms with Crippen LogP contribution in [0.4, 0.5) is 0 Å². The van der Waals surface area contributed by atoms with Crippen LogP contribution in [0.15, 0.2) is 64.7 Å². The normalized spacial score (nSPS) is 14.5. The van der Waals surface area contributed by atoms with E-state index in [4.69, 9.17) is 0 Å². The summed E-state index contributed by atoms with van der Waals surface area (Å²) < 4.78 is 0. The van der Waals surface area contributed by atoms with E-state index in [0.717, 1.165) is 24.6 Å². The van der Waals surface area contributed by atoms with Crippen LogP contribution in [0.25, 0.3) is 21.5 Å². The molecule has 0 aliphatic carbocycles. The molecule has 108 valence electrons. The zero-order valence-corrected chi connectivity index (χ0v) is 12.1. The third-order valence-corrected chi connectivity index (χ3v) is 3.83. The Bertz CT molecular complexity index is 896. The third kappa shape index (κ3) is 2.39. The predicted octanol–water partition coefficient (Wildman–Crippen LogP) is 2.88. The van der Waals surface area contributed by atoms with Gasteiger partial charge in [-0.3, -0.25) is 0 Å². The molecule has 0 saturated carbocycles. The van der Waals surface area contributed by atoms with Crippen molar-refractivity contribution in [2.24, 2.45) is 10.1 Å². The van der Waals surface area contributed by atoms with Crippen LogP contribution in [0, 0.1) is 0 Å². The Morgan fingerprint density at radius 2 is 1.82 bits per heavy atom. The maximum atomic E-state index is 4.29. The molecule has 0 radical (unpaired) electrons. The highest BCUT2D eigenvalue weighted by atomic mass is 15.4. The minimum Gasteiger partial charge on any atom is -0.353 e. The zero-order chi connectivity index (χ0) is 14.8. The standard InChI is InChI=1S/C18H16N4/c1-2-5-14-11-17-15(10-13(14)4-1)6-3-7-16(17)12-21-22-18-19-8-9-20-18/h1-7,10-12H,8-9H2,(H2,19,20,22)/b21-12-. The molecule has 0 atom stereocenters. The number of fused-ring (bicyclic) bond motifs is 2. The monoisotopic (exact) mass is 288 g/mol. The summed E-state index contributed by atoms with van der Waals surface area (Å²) in [6.07, 6.45) is 1.85. The van der Waals surface area contributed by atoms with Gasteiger partial charge in [-0.2, -0.15) is 5.10 Å². The van der Waals surface area contributed by atoms with Gasteiger partial charge in [0.25, 0.3) is 0 Å². The van der Waals surface area contributed by atoms with Gasteiger partial charge < -0.3 is 5.32 Å². The second-order valence-corrected chi connectivity index (χ2v) is 5.29. The number of nitrogens with one attached hydrogen (secondary N) is 2. The summed E-state index contributed by atoms with van der Waals surface area (Å²) in [5, 5.41) is 12.3. The van der Waals surface area contributed by atoms with E-state index in [2.05, 4.69) is 75.4 Å². The zero-order valence-electron chi connectivity index (χ0n) is 12.1. The number of rotatable bonds is 2. The van der Waals surface area contributed by atoms with Crippen molar-refractivity contribution in [1.82, 2.24) is 10.7 Å². The fraction of sp³-hybridized carbons (Fsp3) is 0.111. The van der Waals surface area contributed by atoms with Crippen LogP contribution in [-0.2, 0) is 0 Å². The predicted molar refractivity (Wildman–Crippen MR) is 92.5 cm³/mol. The average molecular weight is 288 g/mol. The van der Waals surface area contributed by atoms with Gasteiger partial charge >= 0.3 is 0 Å². The smallest absolute Gasteiger partial charge is 0.212 e. The van der Waals surface area contributed by atoms with Crippen LogP contribution in [0.5, 0.6) is 0 Å². The topological polar surface area (TPSA) is 48.8 Å². The lowest BCUT2D eigenvalue weighted by Crippen LogP contribution is -2.30. The summed E-state index contributed by atoms with van der Waals surface area (Å²) in [5.41, 5.74) is 4.03. The number of nitrogens with zero attached hydrogens (tertiary/aromatic N) is 2. The van der Waals surface area contributed by atoms with Gasteiger partial charge in [0, 0.05) is 12.1 Å². The molecule has 2 N–H and O–H groups in total. The first-order valence-corrected chi connectivity index (χ1v) is 7.39. The molecule has 4 heteroatoms. The van der Waals surface area contributed by atoms with E-state index in [1.807, 2.05) is 6.21 Å². The summed E-state index contributed by atoms with van der Waals surface area (Å²) in [6, 6.07) is 19.1. The van der Waals surface area contributed by atoms with Crippen molar-refractivity contribution < 1.29 is 0 Å². The molecule has 0 bridgehead atoms. The Morgan fingerprint density at radius 3 is 2.64 bits per heavy atom. The molecule has 0 fully saturated rings. The van der Waals surface area contributed by atoms with Crippen molar-refractivity contribution in [1.29, 1.82) is 0 Å². The molecule has 0 aromatic heterocycles. The Balaban J connectivity index is 1.73. The fourth-order valence-electron chi connectivity index (χ4n) is 2.74. The summed E-state index contributed by atoms with van der Waals surface area (Å²) in [6.45, 7) is 1.68. The second kappa shape index (κ2) is 5.48. The SMILES string of the molecule is C(=N/NC1=NCCN1)/c1cccc2cc3ccccc3cc12. The maximum Gasteiger partial charge on any atom is 0.212 e. The van der Waals surface area contributed by atoms with Crippen LogP contribution in [-0.4, -0.2) is 25.3 Å². The Kier molecular flexibility index (Phi) is 3.20. The molecular formula is C18H16N4. The summed E-state index contributed by atoms with van der Waals surface area (Å²) in [7, 11) is 0. The van der Waals surface area contributed by atoms with Crippen molar-refractivity contribution in [3.8, 4) is 0 Å². The van der Waals surface area contributed by atoms with Crippen molar-refractivity contribution in [2.75, 3.05) is 13.1 Å². The number of guanidine groups is 1. The molecule has 0 saturated heterocycles. The second-order valence-electron chi connectivity index (χ2n) is 5.29. The molecule has 1 aliphatic heterocycles. The molecular weight excluding hydrogens is 272 g/mol. The van der Waals surface area contributed by atoms with E-state index in [-0.39, 0.29) is 0 Å². The third-order valence-electron chi connectivity index (χ3n) is 3.83. The van der Waals surface area contributed by atoms with Gasteiger partial charge in [-0.1, -0.05) is 42.5 Å². The van der Waals surface area contributed by atoms with Crippen LogP contribution in [0.3, 0.4) is 0 Å². The quantitative estimate of drug-likeness (QED) is 0.433. The molecule has 3 aromatic rings. The van der Waals surface area contributed by atoms with E-state index >= 15 is 0 Å². The first-order chi connectivity index (χ1) is 10.9. The summed E-state index contributed by atoms with van der Waals surface area (Å²) in [4.78, 5) is 4.25. The van der Waals surface area contributed by atoms with Crippen LogP contribution in [0.1, 0.15) is 5.56 Å². The molecule has 3 aromatic carbocycles. The molecule has 1 heterocycles.